The summed E-state index contributed by atoms with van der Waals surface area (Å²) in [5.74, 6) is 0.0361. The number of halogens is 3. The fourth-order valence-electron chi connectivity index (χ4n) is 3.57. The first-order valence-corrected chi connectivity index (χ1v) is 9.02. The Kier molecular flexibility index (Phi) is 5.23. The molecule has 0 spiro atoms. The standard InChI is InChI=1S/C20H22F3N3O2/c1-4-9-26-15-11-25(10-12(2)3)18(27)16(15)17(24-19(26)28)13-5-7-14(8-6-13)20(21,22)23/h4-8,12,17H,1,9-11H2,2-3H3,(H,24,28). The van der Waals surface area contributed by atoms with E-state index in [1.165, 1.54) is 17.0 Å². The molecule has 0 saturated heterocycles. The number of carbonyl (C=O) groups is 2. The van der Waals surface area contributed by atoms with Gasteiger partial charge in [0.15, 0.2) is 0 Å². The molecule has 2 aliphatic heterocycles. The molecule has 1 atom stereocenters. The number of nitrogens with zero attached hydrogens (tertiary/aromatic N) is 2. The number of hydrogen-bond acceptors (Lipinski definition) is 2. The predicted molar refractivity (Wildman–Crippen MR) is 98.1 cm³/mol. The number of alkyl halides is 3. The minimum absolute atomic E-state index is 0.206. The van der Waals surface area contributed by atoms with E-state index in [4.69, 9.17) is 0 Å². The Morgan fingerprint density at radius 1 is 1.25 bits per heavy atom. The lowest BCUT2D eigenvalue weighted by molar-refractivity contribution is -0.137. The van der Waals surface area contributed by atoms with E-state index in [1.54, 1.807) is 11.0 Å². The monoisotopic (exact) mass is 393 g/mol. The van der Waals surface area contributed by atoms with E-state index in [9.17, 15) is 22.8 Å². The molecule has 3 rings (SSSR count). The van der Waals surface area contributed by atoms with Crippen LogP contribution in [0, 0.1) is 5.92 Å². The third-order valence-electron chi connectivity index (χ3n) is 4.77. The number of carbonyl (C=O) groups excluding carboxylic acids is 2. The third-order valence-corrected chi connectivity index (χ3v) is 4.77. The molecule has 28 heavy (non-hydrogen) atoms. The average Bonchev–Trinajstić information content (AvgIpc) is 2.92. The minimum Gasteiger partial charge on any atom is -0.333 e. The maximum absolute atomic E-state index is 13.0. The molecule has 0 aromatic heterocycles. The summed E-state index contributed by atoms with van der Waals surface area (Å²) in [5, 5.41) is 2.75. The maximum atomic E-state index is 13.0. The Hall–Kier alpha value is -2.77. The number of urea groups is 1. The summed E-state index contributed by atoms with van der Waals surface area (Å²) in [6.45, 7) is 8.70. The lowest BCUT2D eigenvalue weighted by Crippen LogP contribution is -2.47. The molecule has 3 amide bonds. The highest BCUT2D eigenvalue weighted by Gasteiger charge is 2.43. The van der Waals surface area contributed by atoms with Crippen molar-refractivity contribution in [3.05, 3.63) is 59.3 Å². The van der Waals surface area contributed by atoms with Gasteiger partial charge >= 0.3 is 12.2 Å². The van der Waals surface area contributed by atoms with E-state index in [0.717, 1.165) is 12.1 Å². The molecule has 2 heterocycles. The lowest BCUT2D eigenvalue weighted by Gasteiger charge is -2.33. The van der Waals surface area contributed by atoms with Gasteiger partial charge in [-0.2, -0.15) is 13.2 Å². The van der Waals surface area contributed by atoms with Gasteiger partial charge < -0.3 is 10.2 Å². The second-order valence-corrected chi connectivity index (χ2v) is 7.34. The van der Waals surface area contributed by atoms with E-state index in [-0.39, 0.29) is 18.4 Å². The van der Waals surface area contributed by atoms with Crippen molar-refractivity contribution in [3.8, 4) is 0 Å². The van der Waals surface area contributed by atoms with Crippen LogP contribution in [-0.2, 0) is 11.0 Å². The Bertz CT molecular complexity index is 828. The van der Waals surface area contributed by atoms with Gasteiger partial charge in [0.25, 0.3) is 5.91 Å². The van der Waals surface area contributed by atoms with E-state index in [0.29, 0.717) is 29.9 Å². The SMILES string of the molecule is C=CCN1C(=O)NC(c2ccc(C(F)(F)F)cc2)C2=C1CN(CC(C)C)C2=O. The molecule has 0 aliphatic carbocycles. The highest BCUT2D eigenvalue weighted by atomic mass is 19.4. The van der Waals surface area contributed by atoms with Gasteiger partial charge in [-0.15, -0.1) is 6.58 Å². The van der Waals surface area contributed by atoms with Crippen molar-refractivity contribution in [2.75, 3.05) is 19.6 Å². The van der Waals surface area contributed by atoms with Gasteiger partial charge in [-0.1, -0.05) is 32.1 Å². The predicted octanol–water partition coefficient (Wildman–Crippen LogP) is 3.71. The molecule has 2 aliphatic rings. The van der Waals surface area contributed by atoms with Crippen LogP contribution < -0.4 is 5.32 Å². The minimum atomic E-state index is -4.45. The van der Waals surface area contributed by atoms with Crippen LogP contribution in [0.5, 0.6) is 0 Å². The number of rotatable bonds is 5. The molecular formula is C20H22F3N3O2. The zero-order valence-electron chi connectivity index (χ0n) is 15.7. The summed E-state index contributed by atoms with van der Waals surface area (Å²) in [7, 11) is 0. The molecule has 0 radical (unpaired) electrons. The molecule has 1 aromatic rings. The zero-order chi connectivity index (χ0) is 20.6. The van der Waals surface area contributed by atoms with Crippen molar-refractivity contribution >= 4 is 11.9 Å². The van der Waals surface area contributed by atoms with Gasteiger partial charge in [-0.3, -0.25) is 9.69 Å². The first-order chi connectivity index (χ1) is 13.1. The van der Waals surface area contributed by atoms with E-state index in [1.807, 2.05) is 13.8 Å². The summed E-state index contributed by atoms with van der Waals surface area (Å²) in [6, 6.07) is 3.35. The van der Waals surface area contributed by atoms with Gasteiger partial charge in [-0.05, 0) is 23.6 Å². The molecule has 150 valence electrons. The zero-order valence-corrected chi connectivity index (χ0v) is 15.7. The van der Waals surface area contributed by atoms with Gasteiger partial charge in [0, 0.05) is 13.1 Å². The third kappa shape index (κ3) is 3.63. The van der Waals surface area contributed by atoms with E-state index < -0.39 is 23.8 Å². The number of amides is 3. The highest BCUT2D eigenvalue weighted by Crippen LogP contribution is 2.37. The summed E-state index contributed by atoms with van der Waals surface area (Å²) in [5.41, 5.74) is 0.646. The lowest BCUT2D eigenvalue weighted by atomic mass is 9.94. The quantitative estimate of drug-likeness (QED) is 0.776. The second-order valence-electron chi connectivity index (χ2n) is 7.34. The van der Waals surface area contributed by atoms with Crippen molar-refractivity contribution in [1.82, 2.24) is 15.1 Å². The van der Waals surface area contributed by atoms with Crippen LogP contribution in [0.3, 0.4) is 0 Å². The van der Waals surface area contributed by atoms with Gasteiger partial charge in [0.2, 0.25) is 0 Å². The van der Waals surface area contributed by atoms with Crippen molar-refractivity contribution in [2.45, 2.75) is 26.1 Å². The van der Waals surface area contributed by atoms with Crippen molar-refractivity contribution in [1.29, 1.82) is 0 Å². The number of nitrogens with one attached hydrogen (secondary N) is 1. The van der Waals surface area contributed by atoms with Gasteiger partial charge in [-0.25, -0.2) is 4.79 Å². The summed E-state index contributed by atoms with van der Waals surface area (Å²) < 4.78 is 38.6. The summed E-state index contributed by atoms with van der Waals surface area (Å²) in [6.07, 6.45) is -2.88. The van der Waals surface area contributed by atoms with Crippen molar-refractivity contribution in [2.24, 2.45) is 5.92 Å². The number of hydrogen-bond donors (Lipinski definition) is 1. The molecule has 8 heteroatoms. The maximum Gasteiger partial charge on any atom is 0.416 e. The summed E-state index contributed by atoms with van der Waals surface area (Å²) in [4.78, 5) is 28.8. The van der Waals surface area contributed by atoms with Crippen LogP contribution in [0.2, 0.25) is 0 Å². The van der Waals surface area contributed by atoms with Crippen LogP contribution in [0.15, 0.2) is 48.2 Å². The largest absolute Gasteiger partial charge is 0.416 e. The van der Waals surface area contributed by atoms with Gasteiger partial charge in [0.1, 0.15) is 0 Å². The average molecular weight is 393 g/mol. The first-order valence-electron chi connectivity index (χ1n) is 9.02. The molecule has 0 bridgehead atoms. The van der Waals surface area contributed by atoms with Crippen LogP contribution in [0.25, 0.3) is 0 Å². The molecule has 1 unspecified atom stereocenters. The molecule has 1 N–H and O–H groups in total. The second kappa shape index (κ2) is 7.33. The Balaban J connectivity index is 2.00. The fraction of sp³-hybridized carbons (Fsp3) is 0.400. The summed E-state index contributed by atoms with van der Waals surface area (Å²) >= 11 is 0. The van der Waals surface area contributed by atoms with E-state index >= 15 is 0 Å². The van der Waals surface area contributed by atoms with Crippen LogP contribution in [-0.4, -0.2) is 41.4 Å². The number of benzene rings is 1. The Morgan fingerprint density at radius 2 is 1.89 bits per heavy atom. The normalized spacial score (nSPS) is 20.0. The Labute approximate surface area is 161 Å². The van der Waals surface area contributed by atoms with Crippen LogP contribution >= 0.6 is 0 Å². The highest BCUT2D eigenvalue weighted by molar-refractivity contribution is 6.01. The molecule has 5 nitrogen and oxygen atoms in total. The van der Waals surface area contributed by atoms with Crippen LogP contribution in [0.4, 0.5) is 18.0 Å². The van der Waals surface area contributed by atoms with Crippen molar-refractivity contribution in [3.63, 3.8) is 0 Å². The first kappa shape index (κ1) is 20.0. The van der Waals surface area contributed by atoms with E-state index in [2.05, 4.69) is 11.9 Å². The molecule has 0 fully saturated rings. The fourth-order valence-corrected chi connectivity index (χ4v) is 3.57. The molecule has 0 saturated carbocycles. The molecular weight excluding hydrogens is 371 g/mol. The van der Waals surface area contributed by atoms with Crippen molar-refractivity contribution < 1.29 is 22.8 Å². The smallest absolute Gasteiger partial charge is 0.333 e. The topological polar surface area (TPSA) is 52.7 Å². The Morgan fingerprint density at radius 3 is 2.43 bits per heavy atom. The van der Waals surface area contributed by atoms with Gasteiger partial charge in [0.05, 0.1) is 29.4 Å². The molecule has 1 aromatic carbocycles. The van der Waals surface area contributed by atoms with Crippen LogP contribution in [0.1, 0.15) is 31.0 Å².